The molecule has 0 fully saturated rings. The second kappa shape index (κ2) is 4.39. The largest absolute Gasteiger partial charge is 0.457 e. The van der Waals surface area contributed by atoms with Gasteiger partial charge in [0, 0.05) is 10.6 Å². The van der Waals surface area contributed by atoms with Crippen molar-refractivity contribution < 1.29 is 9.52 Å². The third-order valence-corrected chi connectivity index (χ3v) is 3.02. The molecule has 2 nitrogen and oxygen atoms in total. The Morgan fingerprint density at radius 3 is 2.40 bits per heavy atom. The molecule has 2 aromatic rings. The predicted molar refractivity (Wildman–Crippen MR) is 61.9 cm³/mol. The lowest BCUT2D eigenvalue weighted by molar-refractivity contribution is 0.218. The highest BCUT2D eigenvalue weighted by molar-refractivity contribution is 9.10. The Morgan fingerprint density at radius 2 is 1.87 bits per heavy atom. The fourth-order valence-corrected chi connectivity index (χ4v) is 1.91. The number of aliphatic hydroxyl groups excluding tert-OH is 1. The summed E-state index contributed by atoms with van der Waals surface area (Å²) in [7, 11) is 0. The highest BCUT2D eigenvalue weighted by Crippen LogP contribution is 2.29. The average Bonchev–Trinajstić information content (AvgIpc) is 2.65. The van der Waals surface area contributed by atoms with Crippen LogP contribution < -0.4 is 0 Å². The molecule has 1 aromatic carbocycles. The summed E-state index contributed by atoms with van der Waals surface area (Å²) in [5, 5.41) is 10.7. The van der Waals surface area contributed by atoms with Crippen LogP contribution in [0, 0.1) is 0 Å². The molecule has 1 N–H and O–H groups in total. The molecule has 1 atom stereocenters. The van der Waals surface area contributed by atoms with Crippen LogP contribution >= 0.6 is 27.5 Å². The normalized spacial score (nSPS) is 12.7. The minimum atomic E-state index is -0.699. The van der Waals surface area contributed by atoms with Gasteiger partial charge in [-0.2, -0.15) is 0 Å². The molecule has 0 spiro atoms. The molecule has 78 valence electrons. The van der Waals surface area contributed by atoms with E-state index in [1.807, 2.05) is 0 Å². The number of benzene rings is 1. The van der Waals surface area contributed by atoms with Gasteiger partial charge in [0.05, 0.1) is 6.26 Å². The van der Waals surface area contributed by atoms with Crippen molar-refractivity contribution in [2.45, 2.75) is 6.10 Å². The average molecular weight is 288 g/mol. The van der Waals surface area contributed by atoms with Gasteiger partial charge in [-0.05, 0) is 39.7 Å². The van der Waals surface area contributed by atoms with Gasteiger partial charge in [0.15, 0.2) is 4.67 Å². The molecule has 0 bridgehead atoms. The van der Waals surface area contributed by atoms with Gasteiger partial charge in [-0.15, -0.1) is 0 Å². The minimum Gasteiger partial charge on any atom is -0.457 e. The van der Waals surface area contributed by atoms with Crippen LogP contribution in [-0.2, 0) is 0 Å². The predicted octanol–water partition coefficient (Wildman–Crippen LogP) is 3.78. The third-order valence-electron chi connectivity index (χ3n) is 2.13. The highest BCUT2D eigenvalue weighted by Gasteiger charge is 2.15. The van der Waals surface area contributed by atoms with Crippen LogP contribution in [0.3, 0.4) is 0 Å². The fourth-order valence-electron chi connectivity index (χ4n) is 1.32. The van der Waals surface area contributed by atoms with E-state index in [1.54, 1.807) is 30.3 Å². The second-order valence-electron chi connectivity index (χ2n) is 3.10. The van der Waals surface area contributed by atoms with Crippen LogP contribution in [0.5, 0.6) is 0 Å². The van der Waals surface area contributed by atoms with Gasteiger partial charge in [0.25, 0.3) is 0 Å². The van der Waals surface area contributed by atoms with Crippen LogP contribution in [0.15, 0.2) is 45.7 Å². The van der Waals surface area contributed by atoms with Crippen molar-refractivity contribution in [1.29, 1.82) is 0 Å². The van der Waals surface area contributed by atoms with E-state index < -0.39 is 6.10 Å². The molecular formula is C11H8BrClO2. The van der Waals surface area contributed by atoms with Crippen molar-refractivity contribution in [2.24, 2.45) is 0 Å². The molecule has 0 saturated heterocycles. The SMILES string of the molecule is OC(c1ccc(Cl)cc1)c1ccoc1Br. The maximum Gasteiger partial charge on any atom is 0.175 e. The van der Waals surface area contributed by atoms with Crippen LogP contribution in [-0.4, -0.2) is 5.11 Å². The summed E-state index contributed by atoms with van der Waals surface area (Å²) in [5.41, 5.74) is 1.49. The van der Waals surface area contributed by atoms with Crippen LogP contribution in [0.2, 0.25) is 5.02 Å². The highest BCUT2D eigenvalue weighted by atomic mass is 79.9. The molecule has 1 aromatic heterocycles. The van der Waals surface area contributed by atoms with E-state index in [0.717, 1.165) is 5.56 Å². The molecule has 0 aliphatic rings. The Labute approximate surface area is 101 Å². The van der Waals surface area contributed by atoms with Crippen molar-refractivity contribution in [3.63, 3.8) is 0 Å². The number of rotatable bonds is 2. The Hall–Kier alpha value is -0.770. The molecule has 2 rings (SSSR count). The summed E-state index contributed by atoms with van der Waals surface area (Å²) in [6, 6.07) is 8.78. The van der Waals surface area contributed by atoms with Crippen LogP contribution in [0.25, 0.3) is 0 Å². The lowest BCUT2D eigenvalue weighted by atomic mass is 10.0. The summed E-state index contributed by atoms with van der Waals surface area (Å²) < 4.78 is 5.61. The first kappa shape index (κ1) is 10.7. The molecule has 1 heterocycles. The minimum absolute atomic E-state index is 0.546. The maximum atomic E-state index is 10.0. The van der Waals surface area contributed by atoms with E-state index in [-0.39, 0.29) is 0 Å². The molecule has 1 unspecified atom stereocenters. The first-order valence-corrected chi connectivity index (χ1v) is 5.52. The summed E-state index contributed by atoms with van der Waals surface area (Å²) in [5.74, 6) is 0. The van der Waals surface area contributed by atoms with E-state index >= 15 is 0 Å². The number of hydrogen-bond donors (Lipinski definition) is 1. The summed E-state index contributed by atoms with van der Waals surface area (Å²) >= 11 is 8.99. The number of halogens is 2. The number of furan rings is 1. The smallest absolute Gasteiger partial charge is 0.175 e. The zero-order chi connectivity index (χ0) is 10.8. The topological polar surface area (TPSA) is 33.4 Å². The molecule has 0 amide bonds. The first-order valence-electron chi connectivity index (χ1n) is 4.35. The van der Waals surface area contributed by atoms with Gasteiger partial charge >= 0.3 is 0 Å². The van der Waals surface area contributed by atoms with Gasteiger partial charge in [-0.25, -0.2) is 0 Å². The van der Waals surface area contributed by atoms with Gasteiger partial charge in [-0.3, -0.25) is 0 Å². The van der Waals surface area contributed by atoms with Crippen molar-refractivity contribution in [2.75, 3.05) is 0 Å². The molecule has 0 radical (unpaired) electrons. The summed E-state index contributed by atoms with van der Waals surface area (Å²) in [4.78, 5) is 0. The molecular weight excluding hydrogens is 279 g/mol. The molecule has 0 aliphatic heterocycles. The number of aliphatic hydroxyl groups is 1. The quantitative estimate of drug-likeness (QED) is 0.912. The van der Waals surface area contributed by atoms with Crippen molar-refractivity contribution in [3.8, 4) is 0 Å². The van der Waals surface area contributed by atoms with Gasteiger partial charge in [-0.1, -0.05) is 23.7 Å². The zero-order valence-corrected chi connectivity index (χ0v) is 9.99. The van der Waals surface area contributed by atoms with Crippen molar-refractivity contribution in [1.82, 2.24) is 0 Å². The Kier molecular flexibility index (Phi) is 3.14. The van der Waals surface area contributed by atoms with Crippen molar-refractivity contribution in [3.05, 3.63) is 57.4 Å². The molecule has 0 saturated carbocycles. The standard InChI is InChI=1S/C11H8BrClO2/c12-11-9(5-6-15-11)10(14)7-1-3-8(13)4-2-7/h1-6,10,14H. The van der Waals surface area contributed by atoms with Crippen LogP contribution in [0.1, 0.15) is 17.2 Å². The Morgan fingerprint density at radius 1 is 1.20 bits per heavy atom. The summed E-state index contributed by atoms with van der Waals surface area (Å²) in [6.07, 6.45) is 0.828. The van der Waals surface area contributed by atoms with E-state index in [9.17, 15) is 5.11 Å². The Balaban J connectivity index is 2.32. The lowest BCUT2D eigenvalue weighted by Crippen LogP contribution is -1.98. The van der Waals surface area contributed by atoms with Gasteiger partial charge < -0.3 is 9.52 Å². The van der Waals surface area contributed by atoms with Crippen molar-refractivity contribution >= 4 is 27.5 Å². The summed E-state index contributed by atoms with van der Waals surface area (Å²) in [6.45, 7) is 0. The second-order valence-corrected chi connectivity index (χ2v) is 4.26. The van der Waals surface area contributed by atoms with E-state index in [2.05, 4.69) is 15.9 Å². The van der Waals surface area contributed by atoms with E-state index in [1.165, 1.54) is 6.26 Å². The Bertz CT molecular complexity index is 450. The molecule has 15 heavy (non-hydrogen) atoms. The third kappa shape index (κ3) is 2.25. The maximum absolute atomic E-state index is 10.0. The zero-order valence-electron chi connectivity index (χ0n) is 7.65. The van der Waals surface area contributed by atoms with Gasteiger partial charge in [0.2, 0.25) is 0 Å². The molecule has 4 heteroatoms. The first-order chi connectivity index (χ1) is 7.18. The lowest BCUT2D eigenvalue weighted by Gasteiger charge is -2.09. The van der Waals surface area contributed by atoms with Crippen LogP contribution in [0.4, 0.5) is 0 Å². The monoisotopic (exact) mass is 286 g/mol. The number of hydrogen-bond acceptors (Lipinski definition) is 2. The molecule has 0 aliphatic carbocycles. The van der Waals surface area contributed by atoms with E-state index in [0.29, 0.717) is 15.3 Å². The van der Waals surface area contributed by atoms with Gasteiger partial charge in [0.1, 0.15) is 6.10 Å². The fraction of sp³-hybridized carbons (Fsp3) is 0.0909. The van der Waals surface area contributed by atoms with E-state index in [4.69, 9.17) is 16.0 Å².